The standard InChI is InChI=1S/C16H23N3O3/c1-10-13(11(2)22-18-10)7-8-15(20)19-9-3-4-14(19)16(21)17-12-5-6-12/h12,14H,3-9H2,1-2H3,(H,17,21). The molecule has 0 aromatic carbocycles. The van der Waals surface area contributed by atoms with Crippen LogP contribution in [0.4, 0.5) is 0 Å². The molecule has 6 nitrogen and oxygen atoms in total. The van der Waals surface area contributed by atoms with Gasteiger partial charge in [0.2, 0.25) is 11.8 Å². The largest absolute Gasteiger partial charge is 0.361 e. The lowest BCUT2D eigenvalue weighted by molar-refractivity contribution is -0.138. The van der Waals surface area contributed by atoms with E-state index in [1.165, 1.54) is 0 Å². The number of likely N-dealkylation sites (tertiary alicyclic amines) is 1. The van der Waals surface area contributed by atoms with Crippen LogP contribution in [0.15, 0.2) is 4.52 Å². The van der Waals surface area contributed by atoms with Crippen LogP contribution in [0.1, 0.15) is 49.1 Å². The summed E-state index contributed by atoms with van der Waals surface area (Å²) in [5.41, 5.74) is 1.85. The van der Waals surface area contributed by atoms with Gasteiger partial charge in [-0.05, 0) is 46.0 Å². The SMILES string of the molecule is Cc1noc(C)c1CCC(=O)N1CCCC1C(=O)NC1CC1. The molecule has 1 aliphatic carbocycles. The van der Waals surface area contributed by atoms with Gasteiger partial charge in [0, 0.05) is 24.6 Å². The van der Waals surface area contributed by atoms with E-state index in [2.05, 4.69) is 10.5 Å². The van der Waals surface area contributed by atoms with E-state index >= 15 is 0 Å². The first-order chi connectivity index (χ1) is 10.6. The van der Waals surface area contributed by atoms with Crippen LogP contribution >= 0.6 is 0 Å². The van der Waals surface area contributed by atoms with Gasteiger partial charge >= 0.3 is 0 Å². The Kier molecular flexibility index (Phi) is 4.18. The molecule has 1 aliphatic heterocycles. The van der Waals surface area contributed by atoms with Crippen molar-refractivity contribution < 1.29 is 14.1 Å². The predicted octanol–water partition coefficient (Wildman–Crippen LogP) is 1.49. The molecule has 2 aliphatic rings. The minimum absolute atomic E-state index is 0.0192. The molecule has 1 aromatic rings. The molecule has 120 valence electrons. The van der Waals surface area contributed by atoms with E-state index in [1.54, 1.807) is 4.90 Å². The summed E-state index contributed by atoms with van der Waals surface area (Å²) in [6, 6.07) is 0.0603. The Bertz CT molecular complexity index is 558. The molecule has 22 heavy (non-hydrogen) atoms. The molecule has 6 heteroatoms. The zero-order valence-electron chi connectivity index (χ0n) is 13.2. The van der Waals surface area contributed by atoms with Gasteiger partial charge in [0.25, 0.3) is 0 Å². The molecule has 1 saturated carbocycles. The molecule has 2 amide bonds. The van der Waals surface area contributed by atoms with Gasteiger partial charge in [0.1, 0.15) is 11.8 Å². The number of carbonyl (C=O) groups excluding carboxylic acids is 2. The lowest BCUT2D eigenvalue weighted by Gasteiger charge is -2.24. The first kappa shape index (κ1) is 15.1. The van der Waals surface area contributed by atoms with Crippen LogP contribution in [0.5, 0.6) is 0 Å². The minimum Gasteiger partial charge on any atom is -0.361 e. The fourth-order valence-corrected chi connectivity index (χ4v) is 3.10. The number of aromatic nitrogens is 1. The topological polar surface area (TPSA) is 75.4 Å². The van der Waals surface area contributed by atoms with Crippen LogP contribution in [-0.2, 0) is 16.0 Å². The van der Waals surface area contributed by atoms with Crippen molar-refractivity contribution in [3.8, 4) is 0 Å². The number of rotatable bonds is 5. The van der Waals surface area contributed by atoms with E-state index in [9.17, 15) is 9.59 Å². The summed E-state index contributed by atoms with van der Waals surface area (Å²) in [6.45, 7) is 4.43. The first-order valence-electron chi connectivity index (χ1n) is 8.08. The van der Waals surface area contributed by atoms with Gasteiger partial charge in [-0.25, -0.2) is 0 Å². The number of aryl methyl sites for hydroxylation is 2. The van der Waals surface area contributed by atoms with Crippen molar-refractivity contribution in [1.82, 2.24) is 15.4 Å². The maximum absolute atomic E-state index is 12.5. The molecule has 0 bridgehead atoms. The fraction of sp³-hybridized carbons (Fsp3) is 0.688. The highest BCUT2D eigenvalue weighted by atomic mass is 16.5. The lowest BCUT2D eigenvalue weighted by atomic mass is 10.1. The maximum atomic E-state index is 12.5. The van der Waals surface area contributed by atoms with Gasteiger partial charge in [-0.15, -0.1) is 0 Å². The quantitative estimate of drug-likeness (QED) is 0.894. The summed E-state index contributed by atoms with van der Waals surface area (Å²) in [5.74, 6) is 0.842. The van der Waals surface area contributed by atoms with Gasteiger partial charge < -0.3 is 14.7 Å². The maximum Gasteiger partial charge on any atom is 0.243 e. The normalized spacial score (nSPS) is 21.2. The predicted molar refractivity (Wildman–Crippen MR) is 80.2 cm³/mol. The van der Waals surface area contributed by atoms with Crippen molar-refractivity contribution in [3.05, 3.63) is 17.0 Å². The zero-order valence-corrected chi connectivity index (χ0v) is 13.2. The molecule has 1 atom stereocenters. The summed E-state index contributed by atoms with van der Waals surface area (Å²) in [5, 5.41) is 6.92. The molecule has 1 unspecified atom stereocenters. The highest BCUT2D eigenvalue weighted by molar-refractivity contribution is 5.88. The van der Waals surface area contributed by atoms with E-state index in [0.717, 1.165) is 42.7 Å². The van der Waals surface area contributed by atoms with Crippen LogP contribution in [0.3, 0.4) is 0 Å². The molecular weight excluding hydrogens is 282 g/mol. The molecule has 3 rings (SSSR count). The fourth-order valence-electron chi connectivity index (χ4n) is 3.10. The monoisotopic (exact) mass is 305 g/mol. The van der Waals surface area contributed by atoms with Crippen molar-refractivity contribution in [2.45, 2.75) is 64.5 Å². The van der Waals surface area contributed by atoms with E-state index in [4.69, 9.17) is 4.52 Å². The Morgan fingerprint density at radius 3 is 2.73 bits per heavy atom. The van der Waals surface area contributed by atoms with E-state index in [0.29, 0.717) is 25.4 Å². The summed E-state index contributed by atoms with van der Waals surface area (Å²) in [7, 11) is 0. The number of nitrogens with zero attached hydrogens (tertiary/aromatic N) is 2. The average molecular weight is 305 g/mol. The summed E-state index contributed by atoms with van der Waals surface area (Å²) in [4.78, 5) is 26.4. The number of nitrogens with one attached hydrogen (secondary N) is 1. The highest BCUT2D eigenvalue weighted by Crippen LogP contribution is 2.23. The minimum atomic E-state index is -0.280. The molecule has 1 aromatic heterocycles. The molecule has 2 heterocycles. The summed E-state index contributed by atoms with van der Waals surface area (Å²) < 4.78 is 5.12. The van der Waals surface area contributed by atoms with Crippen LogP contribution < -0.4 is 5.32 Å². The second-order valence-corrected chi connectivity index (χ2v) is 6.33. The molecule has 0 spiro atoms. The molecule has 1 saturated heterocycles. The Morgan fingerprint density at radius 1 is 1.32 bits per heavy atom. The lowest BCUT2D eigenvalue weighted by Crippen LogP contribution is -2.46. The molecule has 0 radical (unpaired) electrons. The Balaban J connectivity index is 1.57. The Labute approximate surface area is 130 Å². The highest BCUT2D eigenvalue weighted by Gasteiger charge is 2.36. The van der Waals surface area contributed by atoms with E-state index < -0.39 is 0 Å². The van der Waals surface area contributed by atoms with Gasteiger partial charge in [0.15, 0.2) is 0 Å². The molecular formula is C16H23N3O3. The van der Waals surface area contributed by atoms with Gasteiger partial charge in [-0.3, -0.25) is 9.59 Å². The third kappa shape index (κ3) is 3.15. The zero-order chi connectivity index (χ0) is 15.7. The van der Waals surface area contributed by atoms with Crippen molar-refractivity contribution in [2.75, 3.05) is 6.54 Å². The van der Waals surface area contributed by atoms with Crippen molar-refractivity contribution in [1.29, 1.82) is 0 Å². The van der Waals surface area contributed by atoms with Crippen LogP contribution in [-0.4, -0.2) is 40.5 Å². The smallest absolute Gasteiger partial charge is 0.243 e. The van der Waals surface area contributed by atoms with Gasteiger partial charge in [0.05, 0.1) is 5.69 Å². The summed E-state index contributed by atoms with van der Waals surface area (Å²) in [6.07, 6.45) is 4.83. The second kappa shape index (κ2) is 6.10. The van der Waals surface area contributed by atoms with E-state index in [1.807, 2.05) is 13.8 Å². The second-order valence-electron chi connectivity index (χ2n) is 6.33. The van der Waals surface area contributed by atoms with Crippen molar-refractivity contribution in [2.24, 2.45) is 0 Å². The van der Waals surface area contributed by atoms with Crippen LogP contribution in [0.2, 0.25) is 0 Å². The van der Waals surface area contributed by atoms with E-state index in [-0.39, 0.29) is 17.9 Å². The Hall–Kier alpha value is -1.85. The first-order valence-corrected chi connectivity index (χ1v) is 8.08. The van der Waals surface area contributed by atoms with Gasteiger partial charge in [-0.1, -0.05) is 5.16 Å². The molecule has 1 N–H and O–H groups in total. The van der Waals surface area contributed by atoms with Crippen LogP contribution in [0, 0.1) is 13.8 Å². The third-order valence-electron chi connectivity index (χ3n) is 4.57. The molecule has 2 fully saturated rings. The number of hydrogen-bond acceptors (Lipinski definition) is 4. The van der Waals surface area contributed by atoms with Crippen LogP contribution in [0.25, 0.3) is 0 Å². The van der Waals surface area contributed by atoms with Gasteiger partial charge in [-0.2, -0.15) is 0 Å². The number of hydrogen-bond donors (Lipinski definition) is 1. The third-order valence-corrected chi connectivity index (χ3v) is 4.57. The summed E-state index contributed by atoms with van der Waals surface area (Å²) >= 11 is 0. The number of carbonyl (C=O) groups is 2. The Morgan fingerprint density at radius 2 is 2.09 bits per heavy atom. The number of amides is 2. The van der Waals surface area contributed by atoms with Crippen molar-refractivity contribution in [3.63, 3.8) is 0 Å². The van der Waals surface area contributed by atoms with Crippen molar-refractivity contribution >= 4 is 11.8 Å². The average Bonchev–Trinajstić information content (AvgIpc) is 3.06.